The van der Waals surface area contributed by atoms with E-state index >= 15 is 0 Å². The van der Waals surface area contributed by atoms with E-state index < -0.39 is 11.5 Å². The second-order valence-electron chi connectivity index (χ2n) is 6.10. The highest BCUT2D eigenvalue weighted by molar-refractivity contribution is 6.14. The Morgan fingerprint density at radius 1 is 0.880 bits per heavy atom. The molecule has 2 atom stereocenters. The molecule has 2 aromatic rings. The third kappa shape index (κ3) is 2.70. The number of amides is 2. The van der Waals surface area contributed by atoms with Gasteiger partial charge in [-0.3, -0.25) is 14.9 Å². The lowest BCUT2D eigenvalue weighted by atomic mass is 9.81. The van der Waals surface area contributed by atoms with E-state index in [1.54, 1.807) is 12.2 Å². The van der Waals surface area contributed by atoms with Crippen molar-refractivity contribution < 1.29 is 9.59 Å². The summed E-state index contributed by atoms with van der Waals surface area (Å²) in [5.74, 6) is -1.25. The summed E-state index contributed by atoms with van der Waals surface area (Å²) in [5.41, 5.74) is 1.40. The first kappa shape index (κ1) is 15.2. The van der Waals surface area contributed by atoms with E-state index in [4.69, 9.17) is 0 Å². The van der Waals surface area contributed by atoms with Gasteiger partial charge in [-0.2, -0.15) is 0 Å². The van der Waals surface area contributed by atoms with Crippen molar-refractivity contribution in [3.8, 4) is 0 Å². The van der Waals surface area contributed by atoms with Crippen LogP contribution < -0.4 is 16.0 Å². The fourth-order valence-corrected chi connectivity index (χ4v) is 3.19. The van der Waals surface area contributed by atoms with E-state index in [0.29, 0.717) is 0 Å². The number of allylic oxidation sites excluding steroid dienone is 1. The maximum atomic E-state index is 12.5. The highest BCUT2D eigenvalue weighted by Crippen LogP contribution is 2.35. The lowest BCUT2D eigenvalue weighted by molar-refractivity contribution is -0.125. The predicted molar refractivity (Wildman–Crippen MR) is 96.7 cm³/mol. The van der Waals surface area contributed by atoms with Gasteiger partial charge in [0.1, 0.15) is 0 Å². The molecule has 4 rings (SSSR count). The Balaban J connectivity index is 1.65. The van der Waals surface area contributed by atoms with Crippen molar-refractivity contribution in [3.05, 3.63) is 84.6 Å². The molecule has 2 amide bonds. The van der Waals surface area contributed by atoms with Crippen molar-refractivity contribution in [1.82, 2.24) is 5.32 Å². The Kier molecular flexibility index (Phi) is 3.61. The van der Waals surface area contributed by atoms with Crippen LogP contribution in [0.2, 0.25) is 0 Å². The average Bonchev–Trinajstić information content (AvgIpc) is 2.87. The Morgan fingerprint density at radius 3 is 2.20 bits per heavy atom. The summed E-state index contributed by atoms with van der Waals surface area (Å²) in [7, 11) is 0. The molecule has 2 aromatic carbocycles. The molecule has 1 heterocycles. The Morgan fingerprint density at radius 2 is 1.52 bits per heavy atom. The van der Waals surface area contributed by atoms with Crippen LogP contribution >= 0.6 is 0 Å². The summed E-state index contributed by atoms with van der Waals surface area (Å²) >= 11 is 0. The van der Waals surface area contributed by atoms with Crippen molar-refractivity contribution in [2.45, 2.75) is 5.54 Å². The summed E-state index contributed by atoms with van der Waals surface area (Å²) in [6.45, 7) is 0. The number of benzene rings is 2. The first-order chi connectivity index (χ1) is 12.2. The molecule has 0 bridgehead atoms. The second kappa shape index (κ2) is 5.94. The first-order valence-electron chi connectivity index (χ1n) is 8.09. The van der Waals surface area contributed by atoms with Crippen molar-refractivity contribution in [2.75, 3.05) is 10.6 Å². The van der Waals surface area contributed by atoms with E-state index in [1.807, 2.05) is 66.7 Å². The molecule has 1 saturated heterocycles. The topological polar surface area (TPSA) is 70.2 Å². The van der Waals surface area contributed by atoms with Crippen LogP contribution in [0, 0.1) is 5.92 Å². The van der Waals surface area contributed by atoms with Crippen molar-refractivity contribution >= 4 is 23.2 Å². The van der Waals surface area contributed by atoms with Gasteiger partial charge in [0.25, 0.3) is 5.91 Å². The number of imide groups is 1. The third-order valence-corrected chi connectivity index (χ3v) is 4.44. The minimum atomic E-state index is -1.10. The van der Waals surface area contributed by atoms with Crippen LogP contribution in [0.4, 0.5) is 11.4 Å². The lowest BCUT2D eigenvalue weighted by Gasteiger charge is -2.32. The van der Waals surface area contributed by atoms with Gasteiger partial charge in [0.05, 0.1) is 5.92 Å². The molecule has 0 saturated carbocycles. The molecule has 1 fully saturated rings. The molecule has 0 radical (unpaired) electrons. The molecular weight excluding hydrogens is 314 g/mol. The maximum Gasteiger partial charge on any atom is 0.257 e. The van der Waals surface area contributed by atoms with Crippen LogP contribution in [-0.2, 0) is 9.59 Å². The van der Waals surface area contributed by atoms with Gasteiger partial charge in [-0.1, -0.05) is 36.4 Å². The monoisotopic (exact) mass is 331 g/mol. The zero-order chi connectivity index (χ0) is 17.3. The van der Waals surface area contributed by atoms with Gasteiger partial charge in [0.2, 0.25) is 5.91 Å². The standard InChI is InChI=1S/C20H17N3O2/c24-18-17-13-16(21-14-7-3-1-4-8-14)11-12-20(17,19(25)22-18)23-15-9-5-2-6-10-15/h1-13,17,21,23H,(H,22,24,25). The molecule has 0 aromatic heterocycles. The SMILES string of the molecule is O=C1NC(=O)C2(Nc3ccccc3)C=CC(Nc3ccccc3)=CC12. The zero-order valence-corrected chi connectivity index (χ0v) is 13.4. The largest absolute Gasteiger partial charge is 0.367 e. The molecule has 2 aliphatic rings. The van der Waals surface area contributed by atoms with E-state index in [0.717, 1.165) is 17.1 Å². The van der Waals surface area contributed by atoms with E-state index in [-0.39, 0.29) is 11.8 Å². The highest BCUT2D eigenvalue weighted by Gasteiger charge is 2.54. The first-order valence-corrected chi connectivity index (χ1v) is 8.09. The molecule has 25 heavy (non-hydrogen) atoms. The van der Waals surface area contributed by atoms with E-state index in [9.17, 15) is 9.59 Å². The van der Waals surface area contributed by atoms with Crippen LogP contribution in [0.3, 0.4) is 0 Å². The molecule has 2 unspecified atom stereocenters. The average molecular weight is 331 g/mol. The predicted octanol–water partition coefficient (Wildman–Crippen LogP) is 2.68. The smallest absolute Gasteiger partial charge is 0.257 e. The number of carbonyl (C=O) groups excluding carboxylic acids is 2. The highest BCUT2D eigenvalue weighted by atomic mass is 16.2. The van der Waals surface area contributed by atoms with E-state index in [1.165, 1.54) is 0 Å². The van der Waals surface area contributed by atoms with Crippen molar-refractivity contribution in [1.29, 1.82) is 0 Å². The maximum absolute atomic E-state index is 12.5. The van der Waals surface area contributed by atoms with Crippen LogP contribution in [-0.4, -0.2) is 17.4 Å². The fourth-order valence-electron chi connectivity index (χ4n) is 3.19. The van der Waals surface area contributed by atoms with Gasteiger partial charge in [-0.05, 0) is 42.5 Å². The number of rotatable bonds is 4. The minimum Gasteiger partial charge on any atom is -0.367 e. The molecule has 5 nitrogen and oxygen atoms in total. The van der Waals surface area contributed by atoms with Gasteiger partial charge >= 0.3 is 0 Å². The molecule has 5 heteroatoms. The Hall–Kier alpha value is -3.34. The number of nitrogens with one attached hydrogen (secondary N) is 3. The van der Waals surface area contributed by atoms with Crippen LogP contribution in [0.15, 0.2) is 84.6 Å². The number of anilines is 2. The summed E-state index contributed by atoms with van der Waals surface area (Å²) in [4.78, 5) is 24.8. The van der Waals surface area contributed by atoms with Gasteiger partial charge in [-0.25, -0.2) is 0 Å². The normalized spacial score (nSPS) is 24.3. The fraction of sp³-hybridized carbons (Fsp3) is 0.100. The summed E-state index contributed by atoms with van der Waals surface area (Å²) in [6.07, 6.45) is 5.39. The van der Waals surface area contributed by atoms with Gasteiger partial charge in [0, 0.05) is 17.1 Å². The van der Waals surface area contributed by atoms with E-state index in [2.05, 4.69) is 16.0 Å². The second-order valence-corrected chi connectivity index (χ2v) is 6.10. The van der Waals surface area contributed by atoms with Crippen molar-refractivity contribution in [3.63, 3.8) is 0 Å². The van der Waals surface area contributed by atoms with Gasteiger partial charge in [-0.15, -0.1) is 0 Å². The zero-order valence-electron chi connectivity index (χ0n) is 13.4. The van der Waals surface area contributed by atoms with Crippen LogP contribution in [0.5, 0.6) is 0 Å². The molecule has 1 aliphatic heterocycles. The van der Waals surface area contributed by atoms with Crippen molar-refractivity contribution in [2.24, 2.45) is 5.92 Å². The summed E-state index contributed by atoms with van der Waals surface area (Å²) in [6, 6.07) is 19.1. The number of carbonyl (C=O) groups is 2. The number of hydrogen-bond acceptors (Lipinski definition) is 4. The van der Waals surface area contributed by atoms with Gasteiger partial charge < -0.3 is 10.6 Å². The van der Waals surface area contributed by atoms with Crippen LogP contribution in [0.25, 0.3) is 0 Å². The summed E-state index contributed by atoms with van der Waals surface area (Å²) < 4.78 is 0. The molecular formula is C20H17N3O2. The molecule has 1 aliphatic carbocycles. The third-order valence-electron chi connectivity index (χ3n) is 4.44. The minimum absolute atomic E-state index is 0.301. The number of para-hydroxylation sites is 2. The lowest BCUT2D eigenvalue weighted by Crippen LogP contribution is -2.49. The molecule has 3 N–H and O–H groups in total. The summed E-state index contributed by atoms with van der Waals surface area (Å²) in [5, 5.41) is 8.93. The van der Waals surface area contributed by atoms with Crippen LogP contribution in [0.1, 0.15) is 0 Å². The van der Waals surface area contributed by atoms with Gasteiger partial charge in [0.15, 0.2) is 5.54 Å². The number of fused-ring (bicyclic) bond motifs is 1. The molecule has 0 spiro atoms. The Bertz CT molecular complexity index is 874. The molecule has 124 valence electrons. The number of hydrogen-bond donors (Lipinski definition) is 3. The Labute approximate surface area is 145 Å². The quantitative estimate of drug-likeness (QED) is 0.754.